The molecule has 122 valence electrons. The Bertz CT molecular complexity index is 445. The Morgan fingerprint density at radius 3 is 2.59 bits per heavy atom. The van der Waals surface area contributed by atoms with E-state index < -0.39 is 0 Å². The van der Waals surface area contributed by atoms with Crippen LogP contribution in [0.5, 0.6) is 5.75 Å². The molecule has 4 heteroatoms. The van der Waals surface area contributed by atoms with Gasteiger partial charge in [-0.1, -0.05) is 0 Å². The van der Waals surface area contributed by atoms with E-state index in [2.05, 4.69) is 56.7 Å². The van der Waals surface area contributed by atoms with Crippen molar-refractivity contribution in [1.82, 2.24) is 9.80 Å². The Balaban J connectivity index is 1.36. The number of rotatable bonds is 7. The van der Waals surface area contributed by atoms with Crippen molar-refractivity contribution >= 4 is 22.6 Å². The summed E-state index contributed by atoms with van der Waals surface area (Å²) < 4.78 is 7.11. The Hall–Kier alpha value is -0.330. The summed E-state index contributed by atoms with van der Waals surface area (Å²) in [6, 6.07) is 9.11. The van der Waals surface area contributed by atoms with Gasteiger partial charge in [0.2, 0.25) is 0 Å². The third-order valence-electron chi connectivity index (χ3n) is 4.84. The Labute approximate surface area is 148 Å². The average Bonchev–Trinajstić information content (AvgIpc) is 3.18. The van der Waals surface area contributed by atoms with Crippen LogP contribution in [0.2, 0.25) is 0 Å². The van der Waals surface area contributed by atoms with E-state index in [1.54, 1.807) is 0 Å². The first-order valence-corrected chi connectivity index (χ1v) is 9.74. The molecule has 2 fully saturated rings. The van der Waals surface area contributed by atoms with Crippen molar-refractivity contribution in [2.45, 2.75) is 38.1 Å². The molecule has 0 unspecified atom stereocenters. The molecule has 0 aliphatic carbocycles. The van der Waals surface area contributed by atoms with Gasteiger partial charge in [-0.25, -0.2) is 0 Å². The molecule has 0 N–H and O–H groups in total. The van der Waals surface area contributed by atoms with Crippen LogP contribution in [0.4, 0.5) is 0 Å². The van der Waals surface area contributed by atoms with Crippen LogP contribution in [0, 0.1) is 3.57 Å². The van der Waals surface area contributed by atoms with E-state index in [-0.39, 0.29) is 0 Å². The topological polar surface area (TPSA) is 15.7 Å². The first kappa shape index (κ1) is 16.5. The van der Waals surface area contributed by atoms with Gasteiger partial charge in [-0.05, 0) is 98.6 Å². The van der Waals surface area contributed by atoms with Crippen molar-refractivity contribution in [1.29, 1.82) is 0 Å². The van der Waals surface area contributed by atoms with Crippen molar-refractivity contribution in [3.05, 3.63) is 27.8 Å². The van der Waals surface area contributed by atoms with Crippen molar-refractivity contribution in [2.24, 2.45) is 0 Å². The maximum Gasteiger partial charge on any atom is 0.119 e. The van der Waals surface area contributed by atoms with E-state index in [4.69, 9.17) is 4.74 Å². The highest BCUT2D eigenvalue weighted by Crippen LogP contribution is 2.20. The smallest absolute Gasteiger partial charge is 0.119 e. The minimum atomic E-state index is 0.788. The van der Waals surface area contributed by atoms with Gasteiger partial charge in [0.1, 0.15) is 5.75 Å². The molecule has 1 aromatic rings. The molecule has 0 radical (unpaired) electrons. The van der Waals surface area contributed by atoms with E-state index in [0.29, 0.717) is 0 Å². The molecule has 0 bridgehead atoms. The normalized spacial score (nSPS) is 23.2. The first-order chi connectivity index (χ1) is 10.8. The second-order valence-electron chi connectivity index (χ2n) is 6.50. The lowest BCUT2D eigenvalue weighted by Crippen LogP contribution is -2.40. The standard InChI is InChI=1S/C18H27IN2O/c19-16-6-8-18(9-7-16)22-14-4-13-21-12-3-5-17(21)15-20-10-1-2-11-20/h6-9,17H,1-5,10-15H2/t17-/m0/s1. The lowest BCUT2D eigenvalue weighted by Gasteiger charge is -2.28. The molecule has 0 amide bonds. The number of ether oxygens (including phenoxy) is 1. The number of hydrogen-bond donors (Lipinski definition) is 0. The number of nitrogens with zero attached hydrogens (tertiary/aromatic N) is 2. The molecule has 0 saturated carbocycles. The largest absolute Gasteiger partial charge is 0.494 e. The molecule has 2 saturated heterocycles. The predicted molar refractivity (Wildman–Crippen MR) is 99.5 cm³/mol. The molecule has 3 rings (SSSR count). The van der Waals surface area contributed by atoms with E-state index in [9.17, 15) is 0 Å². The SMILES string of the molecule is Ic1ccc(OCCCN2CCC[C@H]2CN2CCCC2)cc1. The van der Waals surface area contributed by atoms with Gasteiger partial charge in [-0.3, -0.25) is 4.90 Å². The summed E-state index contributed by atoms with van der Waals surface area (Å²) in [4.78, 5) is 5.35. The van der Waals surface area contributed by atoms with Gasteiger partial charge in [0.25, 0.3) is 0 Å². The molecule has 2 aliphatic rings. The van der Waals surface area contributed by atoms with Crippen molar-refractivity contribution in [3.63, 3.8) is 0 Å². The van der Waals surface area contributed by atoms with Crippen molar-refractivity contribution in [3.8, 4) is 5.75 Å². The number of likely N-dealkylation sites (tertiary alicyclic amines) is 2. The van der Waals surface area contributed by atoms with Gasteiger partial charge in [0.05, 0.1) is 6.61 Å². The van der Waals surface area contributed by atoms with Crippen LogP contribution in [0.25, 0.3) is 0 Å². The van der Waals surface area contributed by atoms with Crippen LogP contribution in [-0.2, 0) is 0 Å². The Morgan fingerprint density at radius 2 is 1.82 bits per heavy atom. The van der Waals surface area contributed by atoms with Crippen LogP contribution in [0.15, 0.2) is 24.3 Å². The van der Waals surface area contributed by atoms with Crippen LogP contribution in [0.1, 0.15) is 32.1 Å². The molecule has 0 spiro atoms. The molecular weight excluding hydrogens is 387 g/mol. The molecule has 0 aromatic heterocycles. The highest BCUT2D eigenvalue weighted by Gasteiger charge is 2.26. The second-order valence-corrected chi connectivity index (χ2v) is 7.74. The lowest BCUT2D eigenvalue weighted by molar-refractivity contribution is 0.178. The Kier molecular flexibility index (Phi) is 6.39. The third kappa shape index (κ3) is 4.83. The summed E-state index contributed by atoms with van der Waals surface area (Å²) in [5, 5.41) is 0. The summed E-state index contributed by atoms with van der Waals surface area (Å²) in [6.07, 6.45) is 6.68. The number of halogens is 1. The quantitative estimate of drug-likeness (QED) is 0.501. The van der Waals surface area contributed by atoms with Crippen LogP contribution in [0.3, 0.4) is 0 Å². The molecule has 2 aliphatic heterocycles. The molecule has 22 heavy (non-hydrogen) atoms. The summed E-state index contributed by atoms with van der Waals surface area (Å²) in [5.74, 6) is 0.996. The van der Waals surface area contributed by atoms with Gasteiger partial charge in [0.15, 0.2) is 0 Å². The fraction of sp³-hybridized carbons (Fsp3) is 0.667. The number of hydrogen-bond acceptors (Lipinski definition) is 3. The highest BCUT2D eigenvalue weighted by atomic mass is 127. The van der Waals surface area contributed by atoms with Crippen molar-refractivity contribution in [2.75, 3.05) is 39.3 Å². The van der Waals surface area contributed by atoms with Crippen LogP contribution < -0.4 is 4.74 Å². The fourth-order valence-electron chi connectivity index (χ4n) is 3.65. The monoisotopic (exact) mass is 414 g/mol. The predicted octanol–water partition coefficient (Wildman–Crippen LogP) is 3.62. The third-order valence-corrected chi connectivity index (χ3v) is 5.56. The molecule has 2 heterocycles. The van der Waals surface area contributed by atoms with E-state index in [0.717, 1.165) is 24.8 Å². The zero-order chi connectivity index (χ0) is 15.2. The minimum absolute atomic E-state index is 0.788. The summed E-state index contributed by atoms with van der Waals surface area (Å²) in [5.41, 5.74) is 0. The van der Waals surface area contributed by atoms with Gasteiger partial charge in [-0.2, -0.15) is 0 Å². The zero-order valence-corrected chi connectivity index (χ0v) is 15.5. The van der Waals surface area contributed by atoms with Gasteiger partial charge < -0.3 is 9.64 Å². The fourth-order valence-corrected chi connectivity index (χ4v) is 4.01. The lowest BCUT2D eigenvalue weighted by atomic mass is 10.2. The maximum atomic E-state index is 5.85. The van der Waals surface area contributed by atoms with Gasteiger partial charge in [0, 0.05) is 22.7 Å². The molecule has 1 aromatic carbocycles. The van der Waals surface area contributed by atoms with Gasteiger partial charge >= 0.3 is 0 Å². The highest BCUT2D eigenvalue weighted by molar-refractivity contribution is 14.1. The van der Waals surface area contributed by atoms with Gasteiger partial charge in [-0.15, -0.1) is 0 Å². The molecular formula is C18H27IN2O. The first-order valence-electron chi connectivity index (χ1n) is 8.66. The van der Waals surface area contributed by atoms with E-state index in [1.807, 2.05) is 0 Å². The second kappa shape index (κ2) is 8.50. The van der Waals surface area contributed by atoms with Crippen molar-refractivity contribution < 1.29 is 4.74 Å². The summed E-state index contributed by atoms with van der Waals surface area (Å²) >= 11 is 2.32. The zero-order valence-electron chi connectivity index (χ0n) is 13.3. The molecule has 1 atom stereocenters. The van der Waals surface area contributed by atoms with E-state index in [1.165, 1.54) is 62.0 Å². The Morgan fingerprint density at radius 1 is 1.05 bits per heavy atom. The molecule has 3 nitrogen and oxygen atoms in total. The van der Waals surface area contributed by atoms with E-state index >= 15 is 0 Å². The average molecular weight is 414 g/mol. The summed E-state index contributed by atoms with van der Waals surface area (Å²) in [7, 11) is 0. The van der Waals surface area contributed by atoms with Crippen LogP contribution in [-0.4, -0.2) is 55.2 Å². The minimum Gasteiger partial charge on any atom is -0.494 e. The van der Waals surface area contributed by atoms with Crippen LogP contribution >= 0.6 is 22.6 Å². The summed E-state index contributed by atoms with van der Waals surface area (Å²) in [6.45, 7) is 7.22. The number of benzene rings is 1. The maximum absolute atomic E-state index is 5.85.